The molecule has 5 heteroatoms. The van der Waals surface area contributed by atoms with Gasteiger partial charge in [0.2, 0.25) is 5.91 Å². The highest BCUT2D eigenvalue weighted by atomic mass is 16.2. The second-order valence-electron chi connectivity index (χ2n) is 8.24. The summed E-state index contributed by atoms with van der Waals surface area (Å²) in [7, 11) is 2.21. The molecule has 3 rings (SSSR count). The van der Waals surface area contributed by atoms with Crippen molar-refractivity contribution in [2.45, 2.75) is 51.5 Å². The Balaban J connectivity index is 1.49. The van der Waals surface area contributed by atoms with Gasteiger partial charge in [-0.25, -0.2) is 0 Å². The van der Waals surface area contributed by atoms with Crippen molar-refractivity contribution in [2.24, 2.45) is 5.41 Å². The Bertz CT molecular complexity index is 569. The molecular formula is C21H34N4O. The first kappa shape index (κ1) is 19.3. The molecule has 1 aromatic heterocycles. The summed E-state index contributed by atoms with van der Waals surface area (Å²) in [6.07, 6.45) is 10.2. The van der Waals surface area contributed by atoms with Crippen molar-refractivity contribution in [3.8, 4) is 0 Å². The summed E-state index contributed by atoms with van der Waals surface area (Å²) in [5, 5.41) is 3.21. The number of rotatable bonds is 7. The summed E-state index contributed by atoms with van der Waals surface area (Å²) >= 11 is 0. The van der Waals surface area contributed by atoms with E-state index in [0.717, 1.165) is 45.3 Å². The minimum Gasteiger partial charge on any atom is -0.355 e. The van der Waals surface area contributed by atoms with Crippen molar-refractivity contribution in [2.75, 3.05) is 39.8 Å². The molecule has 2 aliphatic heterocycles. The van der Waals surface area contributed by atoms with Crippen LogP contribution in [-0.4, -0.2) is 66.5 Å². The summed E-state index contributed by atoms with van der Waals surface area (Å²) in [6, 6.07) is 4.16. The lowest BCUT2D eigenvalue weighted by atomic mass is 9.76. The maximum atomic E-state index is 12.9. The van der Waals surface area contributed by atoms with E-state index in [2.05, 4.69) is 34.1 Å². The standard InChI is InChI=1S/C21H34N4O/c1-3-13-25-17-21(8-14-24(2)15-9-21)16-19(25)20(26)23-10-4-5-18-6-11-22-12-7-18/h6-7,11-12,19H,3-5,8-10,13-17H2,1-2H3,(H,23,26)/t19-/m1/s1. The average Bonchev–Trinajstić information content (AvgIpc) is 3.01. The highest BCUT2D eigenvalue weighted by molar-refractivity contribution is 5.82. The Morgan fingerprint density at radius 3 is 2.73 bits per heavy atom. The highest BCUT2D eigenvalue weighted by Gasteiger charge is 2.47. The maximum absolute atomic E-state index is 12.9. The van der Waals surface area contributed by atoms with Crippen LogP contribution in [0.3, 0.4) is 0 Å². The van der Waals surface area contributed by atoms with Crippen molar-refractivity contribution in [1.29, 1.82) is 0 Å². The molecule has 3 heterocycles. The Labute approximate surface area is 158 Å². The molecule has 0 aliphatic carbocycles. The van der Waals surface area contributed by atoms with Crippen LogP contribution in [-0.2, 0) is 11.2 Å². The Kier molecular flexibility index (Phi) is 6.65. The predicted molar refractivity (Wildman–Crippen MR) is 105 cm³/mol. The molecule has 2 saturated heterocycles. The van der Waals surface area contributed by atoms with Crippen LogP contribution in [0.1, 0.15) is 44.6 Å². The molecule has 0 unspecified atom stereocenters. The fraction of sp³-hybridized carbons (Fsp3) is 0.714. The van der Waals surface area contributed by atoms with Crippen molar-refractivity contribution in [3.63, 3.8) is 0 Å². The van der Waals surface area contributed by atoms with Gasteiger partial charge < -0.3 is 10.2 Å². The second-order valence-corrected chi connectivity index (χ2v) is 8.24. The van der Waals surface area contributed by atoms with E-state index in [1.165, 1.54) is 31.5 Å². The van der Waals surface area contributed by atoms with E-state index in [-0.39, 0.29) is 11.9 Å². The summed E-state index contributed by atoms with van der Waals surface area (Å²) in [5.74, 6) is 0.240. The lowest BCUT2D eigenvalue weighted by Gasteiger charge is -2.37. The zero-order valence-corrected chi connectivity index (χ0v) is 16.4. The molecule has 0 bridgehead atoms. The van der Waals surface area contributed by atoms with Gasteiger partial charge in [-0.2, -0.15) is 0 Å². The molecule has 1 aromatic rings. The molecule has 1 amide bonds. The van der Waals surface area contributed by atoms with E-state index in [9.17, 15) is 4.79 Å². The Morgan fingerprint density at radius 1 is 1.31 bits per heavy atom. The minimum atomic E-state index is 0.0688. The number of piperidine rings is 1. The smallest absolute Gasteiger partial charge is 0.237 e. The van der Waals surface area contributed by atoms with Crippen molar-refractivity contribution in [3.05, 3.63) is 30.1 Å². The largest absolute Gasteiger partial charge is 0.355 e. The molecule has 0 saturated carbocycles. The van der Waals surface area contributed by atoms with Gasteiger partial charge in [0.1, 0.15) is 0 Å². The van der Waals surface area contributed by atoms with Crippen LogP contribution in [0.25, 0.3) is 0 Å². The highest BCUT2D eigenvalue weighted by Crippen LogP contribution is 2.43. The first-order chi connectivity index (χ1) is 12.6. The summed E-state index contributed by atoms with van der Waals surface area (Å²) < 4.78 is 0. The summed E-state index contributed by atoms with van der Waals surface area (Å²) in [6.45, 7) is 7.44. The topological polar surface area (TPSA) is 48.5 Å². The van der Waals surface area contributed by atoms with Crippen LogP contribution in [0.15, 0.2) is 24.5 Å². The average molecular weight is 359 g/mol. The van der Waals surface area contributed by atoms with E-state index < -0.39 is 0 Å². The SMILES string of the molecule is CCCN1CC2(CCN(C)CC2)C[C@@H]1C(=O)NCCCc1ccncc1. The fourth-order valence-corrected chi connectivity index (χ4v) is 4.55. The van der Waals surface area contributed by atoms with Crippen molar-refractivity contribution < 1.29 is 4.79 Å². The summed E-state index contributed by atoms with van der Waals surface area (Å²) in [4.78, 5) is 21.8. The molecule has 5 nitrogen and oxygen atoms in total. The number of carbonyl (C=O) groups excluding carboxylic acids is 1. The van der Waals surface area contributed by atoms with Crippen LogP contribution in [0.4, 0.5) is 0 Å². The number of hydrogen-bond acceptors (Lipinski definition) is 4. The van der Waals surface area contributed by atoms with E-state index in [1.807, 2.05) is 24.5 Å². The first-order valence-corrected chi connectivity index (χ1v) is 10.2. The first-order valence-electron chi connectivity index (χ1n) is 10.2. The number of nitrogens with zero attached hydrogens (tertiary/aromatic N) is 3. The van der Waals surface area contributed by atoms with Gasteiger partial charge in [0, 0.05) is 25.5 Å². The lowest BCUT2D eigenvalue weighted by Crippen LogP contribution is -2.43. The van der Waals surface area contributed by atoms with Gasteiger partial charge in [0.05, 0.1) is 6.04 Å². The Morgan fingerprint density at radius 2 is 2.04 bits per heavy atom. The van der Waals surface area contributed by atoms with E-state index in [0.29, 0.717) is 5.41 Å². The number of likely N-dealkylation sites (tertiary alicyclic amines) is 2. The number of carbonyl (C=O) groups is 1. The van der Waals surface area contributed by atoms with Crippen molar-refractivity contribution in [1.82, 2.24) is 20.1 Å². The molecule has 2 aliphatic rings. The molecule has 1 N–H and O–H groups in total. The van der Waals surface area contributed by atoms with E-state index >= 15 is 0 Å². The van der Waals surface area contributed by atoms with Crippen molar-refractivity contribution >= 4 is 5.91 Å². The van der Waals surface area contributed by atoms with Crippen LogP contribution in [0.5, 0.6) is 0 Å². The number of aryl methyl sites for hydroxylation is 1. The summed E-state index contributed by atoms with van der Waals surface area (Å²) in [5.41, 5.74) is 1.65. The molecule has 26 heavy (non-hydrogen) atoms. The van der Waals surface area contributed by atoms with Gasteiger partial charge in [-0.3, -0.25) is 14.7 Å². The Hall–Kier alpha value is -1.46. The third-order valence-corrected chi connectivity index (χ3v) is 6.16. The van der Waals surface area contributed by atoms with Gasteiger partial charge in [-0.1, -0.05) is 6.92 Å². The fourth-order valence-electron chi connectivity index (χ4n) is 4.55. The number of amides is 1. The van der Waals surface area contributed by atoms with Gasteiger partial charge in [0.15, 0.2) is 0 Å². The molecule has 2 fully saturated rings. The van der Waals surface area contributed by atoms with Crippen LogP contribution in [0, 0.1) is 5.41 Å². The third-order valence-electron chi connectivity index (χ3n) is 6.16. The predicted octanol–water partition coefficient (Wildman–Crippen LogP) is 2.33. The molecule has 0 aromatic carbocycles. The number of pyridine rings is 1. The molecule has 1 atom stereocenters. The minimum absolute atomic E-state index is 0.0688. The van der Waals surface area contributed by atoms with E-state index in [4.69, 9.17) is 0 Å². The van der Waals surface area contributed by atoms with Crippen LogP contribution in [0.2, 0.25) is 0 Å². The van der Waals surface area contributed by atoms with Gasteiger partial charge in [0.25, 0.3) is 0 Å². The second kappa shape index (κ2) is 8.96. The molecule has 0 radical (unpaired) electrons. The van der Waals surface area contributed by atoms with Crippen LogP contribution < -0.4 is 5.32 Å². The van der Waals surface area contributed by atoms with E-state index in [1.54, 1.807) is 0 Å². The molecular weight excluding hydrogens is 324 g/mol. The zero-order chi connectivity index (χ0) is 18.4. The number of nitrogens with one attached hydrogen (secondary N) is 1. The van der Waals surface area contributed by atoms with Gasteiger partial charge in [-0.15, -0.1) is 0 Å². The molecule has 144 valence electrons. The number of hydrogen-bond donors (Lipinski definition) is 1. The van der Waals surface area contributed by atoms with Crippen LogP contribution >= 0.6 is 0 Å². The maximum Gasteiger partial charge on any atom is 0.237 e. The monoisotopic (exact) mass is 358 g/mol. The van der Waals surface area contributed by atoms with Gasteiger partial charge in [-0.05, 0) is 88.3 Å². The van der Waals surface area contributed by atoms with Gasteiger partial charge >= 0.3 is 0 Å². The zero-order valence-electron chi connectivity index (χ0n) is 16.4. The quantitative estimate of drug-likeness (QED) is 0.760. The molecule has 1 spiro atoms. The number of aromatic nitrogens is 1. The lowest BCUT2D eigenvalue weighted by molar-refractivity contribution is -0.125. The third kappa shape index (κ3) is 4.83. The normalized spacial score (nSPS) is 23.4.